The second-order valence-corrected chi connectivity index (χ2v) is 3.81. The summed E-state index contributed by atoms with van der Waals surface area (Å²) in [6, 6.07) is 5.73. The number of rotatable bonds is 6. The minimum Gasteiger partial charge on any atom is -0.393 e. The lowest BCUT2D eigenvalue weighted by atomic mass is 10.2. The third kappa shape index (κ3) is 5.46. The Balaban J connectivity index is 2.13. The van der Waals surface area contributed by atoms with Gasteiger partial charge in [-0.2, -0.15) is 0 Å². The van der Waals surface area contributed by atoms with Crippen molar-refractivity contribution >= 4 is 5.91 Å². The largest absolute Gasteiger partial charge is 0.393 e. The predicted octanol–water partition coefficient (Wildman–Crippen LogP) is 0.901. The Morgan fingerprint density at radius 3 is 3.00 bits per heavy atom. The SMILES string of the molecule is CC(O)CCC(=O)NCCc1ccccn1. The minimum atomic E-state index is -0.415. The first kappa shape index (κ1) is 12.6. The first-order valence-electron chi connectivity index (χ1n) is 5.53. The molecule has 2 N–H and O–H groups in total. The lowest BCUT2D eigenvalue weighted by molar-refractivity contribution is -0.121. The van der Waals surface area contributed by atoms with E-state index in [1.807, 2.05) is 18.2 Å². The average Bonchev–Trinajstić information content (AvgIpc) is 2.28. The molecule has 0 bridgehead atoms. The summed E-state index contributed by atoms with van der Waals surface area (Å²) in [7, 11) is 0. The van der Waals surface area contributed by atoms with Crippen LogP contribution in [-0.4, -0.2) is 28.6 Å². The molecule has 4 heteroatoms. The summed E-state index contributed by atoms with van der Waals surface area (Å²) in [5.74, 6) is -0.0168. The van der Waals surface area contributed by atoms with E-state index in [2.05, 4.69) is 10.3 Å². The van der Waals surface area contributed by atoms with E-state index in [1.54, 1.807) is 13.1 Å². The Morgan fingerprint density at radius 1 is 1.56 bits per heavy atom. The molecule has 0 aliphatic heterocycles. The topological polar surface area (TPSA) is 62.2 Å². The monoisotopic (exact) mass is 222 g/mol. The van der Waals surface area contributed by atoms with Crippen LogP contribution in [0.2, 0.25) is 0 Å². The smallest absolute Gasteiger partial charge is 0.220 e. The van der Waals surface area contributed by atoms with Gasteiger partial charge in [0.2, 0.25) is 5.91 Å². The van der Waals surface area contributed by atoms with Crippen LogP contribution in [0, 0.1) is 0 Å². The normalized spacial score (nSPS) is 12.1. The summed E-state index contributed by atoms with van der Waals surface area (Å²) >= 11 is 0. The van der Waals surface area contributed by atoms with Crippen molar-refractivity contribution in [3.63, 3.8) is 0 Å². The fourth-order valence-electron chi connectivity index (χ4n) is 1.30. The van der Waals surface area contributed by atoms with Gasteiger partial charge in [-0.3, -0.25) is 9.78 Å². The van der Waals surface area contributed by atoms with Gasteiger partial charge in [-0.05, 0) is 25.5 Å². The lowest BCUT2D eigenvalue weighted by Crippen LogP contribution is -2.26. The van der Waals surface area contributed by atoms with Gasteiger partial charge in [0.15, 0.2) is 0 Å². The van der Waals surface area contributed by atoms with E-state index in [9.17, 15) is 4.79 Å². The number of nitrogens with one attached hydrogen (secondary N) is 1. The van der Waals surface area contributed by atoms with Crippen molar-refractivity contribution in [3.8, 4) is 0 Å². The number of carbonyl (C=O) groups is 1. The van der Waals surface area contributed by atoms with Gasteiger partial charge in [0.05, 0.1) is 6.10 Å². The van der Waals surface area contributed by atoms with Gasteiger partial charge in [0.25, 0.3) is 0 Å². The molecule has 0 radical (unpaired) electrons. The molecule has 0 aliphatic carbocycles. The highest BCUT2D eigenvalue weighted by atomic mass is 16.3. The quantitative estimate of drug-likeness (QED) is 0.751. The highest BCUT2D eigenvalue weighted by molar-refractivity contribution is 5.75. The number of hydrogen-bond acceptors (Lipinski definition) is 3. The molecule has 4 nitrogen and oxygen atoms in total. The standard InChI is InChI=1S/C12H18N2O2/c1-10(15)5-6-12(16)14-9-7-11-4-2-3-8-13-11/h2-4,8,10,15H,5-7,9H2,1H3,(H,14,16). The van der Waals surface area contributed by atoms with Crippen LogP contribution in [0.1, 0.15) is 25.5 Å². The molecular formula is C12H18N2O2. The molecule has 0 saturated heterocycles. The third-order valence-electron chi connectivity index (χ3n) is 2.22. The molecule has 1 heterocycles. The maximum absolute atomic E-state index is 11.3. The molecule has 1 atom stereocenters. The number of aromatic nitrogens is 1. The zero-order valence-corrected chi connectivity index (χ0v) is 9.52. The summed E-state index contributed by atoms with van der Waals surface area (Å²) in [4.78, 5) is 15.5. The molecule has 0 fully saturated rings. The summed E-state index contributed by atoms with van der Waals surface area (Å²) < 4.78 is 0. The maximum atomic E-state index is 11.3. The molecule has 0 aromatic carbocycles. The number of amides is 1. The molecule has 0 spiro atoms. The zero-order chi connectivity index (χ0) is 11.8. The van der Waals surface area contributed by atoms with E-state index in [-0.39, 0.29) is 5.91 Å². The molecular weight excluding hydrogens is 204 g/mol. The van der Waals surface area contributed by atoms with E-state index in [1.165, 1.54) is 0 Å². The van der Waals surface area contributed by atoms with Crippen molar-refractivity contribution in [1.82, 2.24) is 10.3 Å². The number of nitrogens with zero attached hydrogens (tertiary/aromatic N) is 1. The molecule has 88 valence electrons. The lowest BCUT2D eigenvalue weighted by Gasteiger charge is -2.06. The van der Waals surface area contributed by atoms with Gasteiger partial charge >= 0.3 is 0 Å². The zero-order valence-electron chi connectivity index (χ0n) is 9.52. The molecule has 1 aromatic rings. The first-order chi connectivity index (χ1) is 7.68. The van der Waals surface area contributed by atoms with Crippen LogP contribution < -0.4 is 5.32 Å². The molecule has 16 heavy (non-hydrogen) atoms. The number of aliphatic hydroxyl groups excluding tert-OH is 1. The van der Waals surface area contributed by atoms with Crippen LogP contribution in [0.5, 0.6) is 0 Å². The van der Waals surface area contributed by atoms with Crippen LogP contribution in [0.15, 0.2) is 24.4 Å². The van der Waals surface area contributed by atoms with Crippen LogP contribution in [0.25, 0.3) is 0 Å². The Hall–Kier alpha value is -1.42. The summed E-state index contributed by atoms with van der Waals surface area (Å²) in [6.07, 6.45) is 2.95. The Labute approximate surface area is 95.7 Å². The van der Waals surface area contributed by atoms with Gasteiger partial charge in [-0.15, -0.1) is 0 Å². The molecule has 1 aromatic heterocycles. The summed E-state index contributed by atoms with van der Waals surface area (Å²) in [5.41, 5.74) is 0.971. The second kappa shape index (κ2) is 6.95. The number of hydrogen-bond donors (Lipinski definition) is 2. The van der Waals surface area contributed by atoms with Crippen molar-refractivity contribution in [2.75, 3.05) is 6.54 Å². The van der Waals surface area contributed by atoms with Gasteiger partial charge in [0.1, 0.15) is 0 Å². The summed E-state index contributed by atoms with van der Waals surface area (Å²) in [6.45, 7) is 2.27. The highest BCUT2D eigenvalue weighted by Gasteiger charge is 2.03. The average molecular weight is 222 g/mol. The van der Waals surface area contributed by atoms with E-state index in [0.717, 1.165) is 12.1 Å². The second-order valence-electron chi connectivity index (χ2n) is 3.81. The maximum Gasteiger partial charge on any atom is 0.220 e. The van der Waals surface area contributed by atoms with Gasteiger partial charge < -0.3 is 10.4 Å². The van der Waals surface area contributed by atoms with Crippen molar-refractivity contribution in [2.24, 2.45) is 0 Å². The van der Waals surface area contributed by atoms with Gasteiger partial charge in [-0.1, -0.05) is 6.07 Å². The molecule has 0 aliphatic rings. The number of pyridine rings is 1. The Morgan fingerprint density at radius 2 is 2.38 bits per heavy atom. The van der Waals surface area contributed by atoms with E-state index >= 15 is 0 Å². The fourth-order valence-corrected chi connectivity index (χ4v) is 1.30. The minimum absolute atomic E-state index is 0.0168. The molecule has 1 unspecified atom stereocenters. The van der Waals surface area contributed by atoms with Crippen LogP contribution in [0.4, 0.5) is 0 Å². The van der Waals surface area contributed by atoms with E-state index in [0.29, 0.717) is 19.4 Å². The van der Waals surface area contributed by atoms with Crippen molar-refractivity contribution < 1.29 is 9.90 Å². The Kier molecular flexibility index (Phi) is 5.50. The predicted molar refractivity (Wildman–Crippen MR) is 61.9 cm³/mol. The van der Waals surface area contributed by atoms with E-state index in [4.69, 9.17) is 5.11 Å². The fraction of sp³-hybridized carbons (Fsp3) is 0.500. The van der Waals surface area contributed by atoms with Crippen LogP contribution >= 0.6 is 0 Å². The summed E-state index contributed by atoms with van der Waals surface area (Å²) in [5, 5.41) is 11.8. The van der Waals surface area contributed by atoms with Gasteiger partial charge in [-0.25, -0.2) is 0 Å². The molecule has 0 saturated carbocycles. The molecule has 1 rings (SSSR count). The van der Waals surface area contributed by atoms with Crippen molar-refractivity contribution in [3.05, 3.63) is 30.1 Å². The highest BCUT2D eigenvalue weighted by Crippen LogP contribution is 1.96. The Bertz CT molecular complexity index is 312. The number of carbonyl (C=O) groups excluding carboxylic acids is 1. The third-order valence-corrected chi connectivity index (χ3v) is 2.22. The van der Waals surface area contributed by atoms with E-state index < -0.39 is 6.10 Å². The van der Waals surface area contributed by atoms with Crippen LogP contribution in [0.3, 0.4) is 0 Å². The molecule has 1 amide bonds. The van der Waals surface area contributed by atoms with Gasteiger partial charge in [0, 0.05) is 31.3 Å². The number of aliphatic hydroxyl groups is 1. The first-order valence-corrected chi connectivity index (χ1v) is 5.53. The van der Waals surface area contributed by atoms with Crippen molar-refractivity contribution in [1.29, 1.82) is 0 Å². The van der Waals surface area contributed by atoms with Crippen molar-refractivity contribution in [2.45, 2.75) is 32.3 Å². The van der Waals surface area contributed by atoms with Crippen LogP contribution in [-0.2, 0) is 11.2 Å².